The van der Waals surface area contributed by atoms with Crippen molar-refractivity contribution in [2.24, 2.45) is 0 Å². The van der Waals surface area contributed by atoms with Gasteiger partial charge in [0.2, 0.25) is 0 Å². The molecule has 0 saturated carbocycles. The maximum Gasteiger partial charge on any atom is 0.255 e. The van der Waals surface area contributed by atoms with Crippen LogP contribution in [0.1, 0.15) is 28.8 Å². The number of aromatic nitrogens is 1. The molecule has 28 heavy (non-hydrogen) atoms. The van der Waals surface area contributed by atoms with E-state index in [1.165, 1.54) is 18.5 Å². The highest BCUT2D eigenvalue weighted by atomic mass is 16.1. The van der Waals surface area contributed by atoms with Crippen molar-refractivity contribution in [3.63, 3.8) is 0 Å². The number of rotatable bonds is 5. The van der Waals surface area contributed by atoms with E-state index in [2.05, 4.69) is 32.7 Å². The van der Waals surface area contributed by atoms with Crippen LogP contribution in [0.2, 0.25) is 0 Å². The number of carbonyl (C=O) groups excluding carboxylic acids is 1. The summed E-state index contributed by atoms with van der Waals surface area (Å²) in [6.45, 7) is 4.28. The van der Waals surface area contributed by atoms with Gasteiger partial charge < -0.3 is 15.5 Å². The van der Waals surface area contributed by atoms with Crippen LogP contribution < -0.4 is 15.5 Å². The third-order valence-electron chi connectivity index (χ3n) is 4.94. The van der Waals surface area contributed by atoms with Gasteiger partial charge in [-0.1, -0.05) is 17.7 Å². The van der Waals surface area contributed by atoms with Gasteiger partial charge in [0.15, 0.2) is 0 Å². The first-order valence-electron chi connectivity index (χ1n) is 9.63. The van der Waals surface area contributed by atoms with Gasteiger partial charge in [-0.05, 0) is 68.3 Å². The van der Waals surface area contributed by atoms with E-state index < -0.39 is 0 Å². The van der Waals surface area contributed by atoms with Gasteiger partial charge in [0.1, 0.15) is 5.82 Å². The summed E-state index contributed by atoms with van der Waals surface area (Å²) in [7, 11) is 0. The first kappa shape index (κ1) is 18.0. The first-order chi connectivity index (χ1) is 13.7. The fourth-order valence-corrected chi connectivity index (χ4v) is 3.36. The van der Waals surface area contributed by atoms with E-state index in [9.17, 15) is 4.79 Å². The monoisotopic (exact) mass is 372 g/mol. The van der Waals surface area contributed by atoms with Crippen LogP contribution >= 0.6 is 0 Å². The Kier molecular flexibility index (Phi) is 5.24. The van der Waals surface area contributed by atoms with E-state index in [1.54, 1.807) is 18.3 Å². The molecule has 0 aliphatic carbocycles. The maximum absolute atomic E-state index is 12.5. The second-order valence-corrected chi connectivity index (χ2v) is 7.12. The minimum Gasteiger partial charge on any atom is -0.372 e. The van der Waals surface area contributed by atoms with Gasteiger partial charge in [-0.15, -0.1) is 0 Å². The van der Waals surface area contributed by atoms with E-state index >= 15 is 0 Å². The second-order valence-electron chi connectivity index (χ2n) is 7.12. The summed E-state index contributed by atoms with van der Waals surface area (Å²) in [5.41, 5.74) is 4.70. The molecule has 1 saturated heterocycles. The Labute approximate surface area is 165 Å². The van der Waals surface area contributed by atoms with E-state index in [1.807, 2.05) is 43.3 Å². The molecule has 0 radical (unpaired) electrons. The molecule has 2 N–H and O–H groups in total. The van der Waals surface area contributed by atoms with Crippen LogP contribution in [0.3, 0.4) is 0 Å². The predicted octanol–water partition coefficient (Wildman–Crippen LogP) is 4.99. The van der Waals surface area contributed by atoms with Gasteiger partial charge in [-0.3, -0.25) is 4.79 Å². The molecule has 1 aromatic heterocycles. The highest BCUT2D eigenvalue weighted by Crippen LogP contribution is 2.23. The molecule has 0 atom stereocenters. The molecule has 1 aliphatic rings. The lowest BCUT2D eigenvalue weighted by atomic mass is 10.2. The zero-order valence-corrected chi connectivity index (χ0v) is 16.0. The van der Waals surface area contributed by atoms with Crippen molar-refractivity contribution in [2.45, 2.75) is 19.8 Å². The van der Waals surface area contributed by atoms with Crippen molar-refractivity contribution in [3.8, 4) is 0 Å². The van der Waals surface area contributed by atoms with Crippen molar-refractivity contribution in [2.75, 3.05) is 28.6 Å². The summed E-state index contributed by atoms with van der Waals surface area (Å²) in [6.07, 6.45) is 4.17. The van der Waals surface area contributed by atoms with Crippen molar-refractivity contribution < 1.29 is 4.79 Å². The molecule has 1 amide bonds. The van der Waals surface area contributed by atoms with Crippen molar-refractivity contribution in [1.82, 2.24) is 4.98 Å². The predicted molar refractivity (Wildman–Crippen MR) is 115 cm³/mol. The lowest BCUT2D eigenvalue weighted by Gasteiger charge is -2.18. The summed E-state index contributed by atoms with van der Waals surface area (Å²) in [5.74, 6) is 0.490. The average Bonchev–Trinajstić information content (AvgIpc) is 3.25. The molecule has 1 fully saturated rings. The molecule has 4 rings (SSSR count). The van der Waals surface area contributed by atoms with Gasteiger partial charge in [0.25, 0.3) is 5.91 Å². The van der Waals surface area contributed by atoms with Gasteiger partial charge in [0, 0.05) is 41.9 Å². The standard InChI is InChI=1S/C23H24N4O/c1-17-4-6-20(7-5-17)26-23(28)18-12-13-24-22(16-18)25-19-8-10-21(11-9-19)27-14-2-3-15-27/h4-13,16H,2-3,14-15H2,1H3,(H,24,25)(H,26,28). The lowest BCUT2D eigenvalue weighted by Crippen LogP contribution is -2.17. The first-order valence-corrected chi connectivity index (χ1v) is 9.63. The highest BCUT2D eigenvalue weighted by molar-refractivity contribution is 6.04. The summed E-state index contributed by atoms with van der Waals surface area (Å²) in [6, 6.07) is 19.6. The quantitative estimate of drug-likeness (QED) is 0.663. The minimum atomic E-state index is -0.154. The number of nitrogens with one attached hydrogen (secondary N) is 2. The smallest absolute Gasteiger partial charge is 0.255 e. The third kappa shape index (κ3) is 4.31. The number of anilines is 4. The number of pyridine rings is 1. The van der Waals surface area contributed by atoms with Crippen molar-refractivity contribution in [3.05, 3.63) is 78.0 Å². The van der Waals surface area contributed by atoms with Crippen LogP contribution in [0.5, 0.6) is 0 Å². The SMILES string of the molecule is Cc1ccc(NC(=O)c2ccnc(Nc3ccc(N4CCCC4)cc3)c2)cc1. The zero-order chi connectivity index (χ0) is 19.3. The summed E-state index contributed by atoms with van der Waals surface area (Å²) in [4.78, 5) is 19.3. The van der Waals surface area contributed by atoms with Gasteiger partial charge in [-0.2, -0.15) is 0 Å². The van der Waals surface area contributed by atoms with Gasteiger partial charge in [0.05, 0.1) is 0 Å². The van der Waals surface area contributed by atoms with Crippen LogP contribution in [0, 0.1) is 6.92 Å². The molecule has 0 bridgehead atoms. The number of aryl methyl sites for hydroxylation is 1. The lowest BCUT2D eigenvalue weighted by molar-refractivity contribution is 0.102. The number of hydrogen-bond donors (Lipinski definition) is 2. The number of hydrogen-bond acceptors (Lipinski definition) is 4. The van der Waals surface area contributed by atoms with Crippen LogP contribution in [0.4, 0.5) is 22.9 Å². The average molecular weight is 372 g/mol. The van der Waals surface area contributed by atoms with Crippen LogP contribution in [0.25, 0.3) is 0 Å². The number of carbonyl (C=O) groups is 1. The largest absolute Gasteiger partial charge is 0.372 e. The molecule has 3 aromatic rings. The normalized spacial score (nSPS) is 13.4. The molecule has 142 valence electrons. The van der Waals surface area contributed by atoms with E-state index in [4.69, 9.17) is 0 Å². The third-order valence-corrected chi connectivity index (χ3v) is 4.94. The van der Waals surface area contributed by atoms with Gasteiger partial charge >= 0.3 is 0 Å². The summed E-state index contributed by atoms with van der Waals surface area (Å²) >= 11 is 0. The second kappa shape index (κ2) is 8.13. The molecule has 0 unspecified atom stereocenters. The van der Waals surface area contributed by atoms with Crippen molar-refractivity contribution in [1.29, 1.82) is 0 Å². The molecule has 2 aromatic carbocycles. The number of amides is 1. The van der Waals surface area contributed by atoms with E-state index in [0.717, 1.165) is 30.0 Å². The topological polar surface area (TPSA) is 57.3 Å². The Morgan fingerprint density at radius 1 is 0.929 bits per heavy atom. The van der Waals surface area contributed by atoms with Crippen molar-refractivity contribution >= 4 is 28.8 Å². The fourth-order valence-electron chi connectivity index (χ4n) is 3.36. The molecule has 2 heterocycles. The molecule has 1 aliphatic heterocycles. The van der Waals surface area contributed by atoms with E-state index in [-0.39, 0.29) is 5.91 Å². The number of nitrogens with zero attached hydrogens (tertiary/aromatic N) is 2. The molecular formula is C23H24N4O. The van der Waals surface area contributed by atoms with Crippen LogP contribution in [0.15, 0.2) is 66.9 Å². The van der Waals surface area contributed by atoms with Gasteiger partial charge in [-0.25, -0.2) is 4.98 Å². The molecule has 5 nitrogen and oxygen atoms in total. The zero-order valence-electron chi connectivity index (χ0n) is 16.0. The maximum atomic E-state index is 12.5. The Morgan fingerprint density at radius 2 is 1.61 bits per heavy atom. The van der Waals surface area contributed by atoms with Crippen LogP contribution in [-0.2, 0) is 0 Å². The Hall–Kier alpha value is -3.34. The fraction of sp³-hybridized carbons (Fsp3) is 0.217. The highest BCUT2D eigenvalue weighted by Gasteiger charge is 2.12. The molecule has 0 spiro atoms. The Bertz CT molecular complexity index is 945. The Balaban J connectivity index is 1.43. The molecule has 5 heteroatoms. The summed E-state index contributed by atoms with van der Waals surface area (Å²) in [5, 5.41) is 6.19. The minimum absolute atomic E-state index is 0.154. The molecular weight excluding hydrogens is 348 g/mol. The van der Waals surface area contributed by atoms with E-state index in [0.29, 0.717) is 11.4 Å². The number of benzene rings is 2. The van der Waals surface area contributed by atoms with Crippen LogP contribution in [-0.4, -0.2) is 24.0 Å². The Morgan fingerprint density at radius 3 is 2.32 bits per heavy atom. The summed E-state index contributed by atoms with van der Waals surface area (Å²) < 4.78 is 0.